The van der Waals surface area contributed by atoms with Crippen molar-refractivity contribution in [3.05, 3.63) is 40.6 Å². The Kier molecular flexibility index (Phi) is 4.68. The second kappa shape index (κ2) is 6.48. The highest BCUT2D eigenvalue weighted by Gasteiger charge is 2.12. The van der Waals surface area contributed by atoms with Gasteiger partial charge in [0.25, 0.3) is 0 Å². The zero-order valence-electron chi connectivity index (χ0n) is 11.4. The van der Waals surface area contributed by atoms with Crippen LogP contribution in [0.1, 0.15) is 18.7 Å². The molecule has 0 saturated carbocycles. The largest absolute Gasteiger partial charge is 0.492 e. The summed E-state index contributed by atoms with van der Waals surface area (Å²) in [4.78, 5) is 3.60. The van der Waals surface area contributed by atoms with Gasteiger partial charge < -0.3 is 15.4 Å². The maximum atomic E-state index is 6.21. The summed E-state index contributed by atoms with van der Waals surface area (Å²) in [6.45, 7) is 6.53. The van der Waals surface area contributed by atoms with Crippen LogP contribution < -0.4 is 15.4 Å². The summed E-state index contributed by atoms with van der Waals surface area (Å²) in [6, 6.07) is 10.2. The molecule has 0 spiro atoms. The summed E-state index contributed by atoms with van der Waals surface area (Å²) in [5, 5.41) is 2.10. The molecule has 0 amide bonds. The minimum Gasteiger partial charge on any atom is -0.492 e. The predicted molar refractivity (Wildman–Crippen MR) is 83.1 cm³/mol. The minimum absolute atomic E-state index is 0.630. The van der Waals surface area contributed by atoms with Gasteiger partial charge in [0.15, 0.2) is 0 Å². The van der Waals surface area contributed by atoms with Gasteiger partial charge in [-0.25, -0.2) is 0 Å². The molecule has 0 saturated heterocycles. The molecule has 0 bridgehead atoms. The topological polar surface area (TPSA) is 38.5 Å². The lowest BCUT2D eigenvalue weighted by Crippen LogP contribution is -2.22. The van der Waals surface area contributed by atoms with E-state index >= 15 is 0 Å². The summed E-state index contributed by atoms with van der Waals surface area (Å²) < 4.78 is 5.56. The number of nitrogens with zero attached hydrogens (tertiary/aromatic N) is 1. The molecule has 0 aliphatic carbocycles. The molecule has 1 aromatic heterocycles. The van der Waals surface area contributed by atoms with E-state index in [0.717, 1.165) is 30.2 Å². The number of rotatable bonds is 6. The van der Waals surface area contributed by atoms with Crippen LogP contribution in [0, 0.1) is 0 Å². The number of ether oxygens (including phenoxy) is 1. The van der Waals surface area contributed by atoms with Gasteiger partial charge in [0.1, 0.15) is 5.75 Å². The lowest BCUT2D eigenvalue weighted by Gasteiger charge is -2.25. The highest BCUT2D eigenvalue weighted by molar-refractivity contribution is 7.09. The molecule has 0 fully saturated rings. The van der Waals surface area contributed by atoms with Crippen LogP contribution in [-0.2, 0) is 6.54 Å². The maximum absolute atomic E-state index is 6.21. The first-order chi connectivity index (χ1) is 9.26. The smallest absolute Gasteiger partial charge is 0.144 e. The van der Waals surface area contributed by atoms with Crippen molar-refractivity contribution < 1.29 is 4.74 Å². The average Bonchev–Trinajstić information content (AvgIpc) is 2.92. The Labute approximate surface area is 118 Å². The van der Waals surface area contributed by atoms with Gasteiger partial charge in [-0.15, -0.1) is 11.3 Å². The molecule has 2 N–H and O–H groups in total. The van der Waals surface area contributed by atoms with Crippen LogP contribution in [0.3, 0.4) is 0 Å². The number of hydrogen-bond donors (Lipinski definition) is 1. The lowest BCUT2D eigenvalue weighted by molar-refractivity contribution is 0.342. The fourth-order valence-corrected chi connectivity index (χ4v) is 2.77. The van der Waals surface area contributed by atoms with E-state index in [-0.39, 0.29) is 0 Å². The number of anilines is 2. The molecule has 0 atom stereocenters. The van der Waals surface area contributed by atoms with E-state index < -0.39 is 0 Å². The Hall–Kier alpha value is -1.68. The standard InChI is InChI=1S/C15H20N2OS/c1-3-17(11-12-7-6-10-19-12)13-8-5-9-14(15(13)16)18-4-2/h5-10H,3-4,11,16H2,1-2H3. The molecule has 0 aliphatic heterocycles. The molecule has 102 valence electrons. The van der Waals surface area contributed by atoms with Crippen LogP contribution >= 0.6 is 11.3 Å². The van der Waals surface area contributed by atoms with Gasteiger partial charge >= 0.3 is 0 Å². The third-order valence-electron chi connectivity index (χ3n) is 2.99. The number of thiophene rings is 1. The quantitative estimate of drug-likeness (QED) is 0.817. The van der Waals surface area contributed by atoms with Crippen LogP contribution in [0.2, 0.25) is 0 Å². The Morgan fingerprint density at radius 3 is 2.68 bits per heavy atom. The maximum Gasteiger partial charge on any atom is 0.144 e. The molecule has 3 nitrogen and oxygen atoms in total. The Bertz CT molecular complexity index is 511. The normalized spacial score (nSPS) is 10.4. The zero-order valence-corrected chi connectivity index (χ0v) is 12.2. The monoisotopic (exact) mass is 276 g/mol. The molecule has 0 unspecified atom stereocenters. The Morgan fingerprint density at radius 1 is 1.21 bits per heavy atom. The fraction of sp³-hybridized carbons (Fsp3) is 0.333. The van der Waals surface area contributed by atoms with E-state index in [1.54, 1.807) is 11.3 Å². The molecule has 0 aliphatic rings. The first-order valence-electron chi connectivity index (χ1n) is 6.54. The van der Waals surface area contributed by atoms with Crippen molar-refractivity contribution in [3.8, 4) is 5.75 Å². The van der Waals surface area contributed by atoms with Gasteiger partial charge in [-0.3, -0.25) is 0 Å². The fourth-order valence-electron chi connectivity index (χ4n) is 2.05. The van der Waals surface area contributed by atoms with E-state index in [0.29, 0.717) is 6.61 Å². The number of nitrogens with two attached hydrogens (primary N) is 1. The van der Waals surface area contributed by atoms with Crippen molar-refractivity contribution in [2.45, 2.75) is 20.4 Å². The third-order valence-corrected chi connectivity index (χ3v) is 3.85. The van der Waals surface area contributed by atoms with Gasteiger partial charge in [-0.2, -0.15) is 0 Å². The molecule has 1 heterocycles. The summed E-state index contributed by atoms with van der Waals surface area (Å²) >= 11 is 1.77. The van der Waals surface area contributed by atoms with Crippen molar-refractivity contribution in [1.29, 1.82) is 0 Å². The Balaban J connectivity index is 2.25. The van der Waals surface area contributed by atoms with Crippen molar-refractivity contribution >= 4 is 22.7 Å². The summed E-state index contributed by atoms with van der Waals surface area (Å²) in [6.07, 6.45) is 0. The second-order valence-electron chi connectivity index (χ2n) is 4.22. The van der Waals surface area contributed by atoms with Crippen molar-refractivity contribution in [1.82, 2.24) is 0 Å². The second-order valence-corrected chi connectivity index (χ2v) is 5.25. The van der Waals surface area contributed by atoms with Crippen molar-refractivity contribution in [3.63, 3.8) is 0 Å². The van der Waals surface area contributed by atoms with Gasteiger partial charge in [-0.05, 0) is 37.4 Å². The Morgan fingerprint density at radius 2 is 2.05 bits per heavy atom. The van der Waals surface area contributed by atoms with E-state index in [4.69, 9.17) is 10.5 Å². The van der Waals surface area contributed by atoms with Crippen molar-refractivity contribution in [2.75, 3.05) is 23.8 Å². The number of benzene rings is 1. The third kappa shape index (κ3) is 3.20. The number of para-hydroxylation sites is 1. The molecule has 2 aromatic rings. The SMILES string of the molecule is CCOc1cccc(N(CC)Cc2cccs2)c1N. The predicted octanol–water partition coefficient (Wildman–Crippen LogP) is 3.76. The van der Waals surface area contributed by atoms with Crippen LogP contribution in [0.15, 0.2) is 35.7 Å². The van der Waals surface area contributed by atoms with E-state index in [2.05, 4.69) is 35.4 Å². The molecular formula is C15H20N2OS. The summed E-state index contributed by atoms with van der Waals surface area (Å²) in [7, 11) is 0. The minimum atomic E-state index is 0.630. The van der Waals surface area contributed by atoms with Gasteiger partial charge in [0.05, 0.1) is 24.5 Å². The number of hydrogen-bond acceptors (Lipinski definition) is 4. The van der Waals surface area contributed by atoms with E-state index in [1.807, 2.05) is 19.1 Å². The highest BCUT2D eigenvalue weighted by atomic mass is 32.1. The van der Waals surface area contributed by atoms with Gasteiger partial charge in [0, 0.05) is 11.4 Å². The molecule has 2 rings (SSSR count). The molecular weight excluding hydrogens is 256 g/mol. The van der Waals surface area contributed by atoms with Gasteiger partial charge in [-0.1, -0.05) is 12.1 Å². The van der Waals surface area contributed by atoms with Crippen LogP contribution in [0.25, 0.3) is 0 Å². The molecule has 0 radical (unpaired) electrons. The first kappa shape index (κ1) is 13.7. The summed E-state index contributed by atoms with van der Waals surface area (Å²) in [5.74, 6) is 0.768. The van der Waals surface area contributed by atoms with Crippen molar-refractivity contribution in [2.24, 2.45) is 0 Å². The van der Waals surface area contributed by atoms with E-state index in [1.165, 1.54) is 4.88 Å². The summed E-state index contributed by atoms with van der Waals surface area (Å²) in [5.41, 5.74) is 7.98. The van der Waals surface area contributed by atoms with Crippen LogP contribution in [-0.4, -0.2) is 13.2 Å². The molecule has 4 heteroatoms. The average molecular weight is 276 g/mol. The zero-order chi connectivity index (χ0) is 13.7. The molecule has 19 heavy (non-hydrogen) atoms. The van der Waals surface area contributed by atoms with E-state index in [9.17, 15) is 0 Å². The van der Waals surface area contributed by atoms with Crippen LogP contribution in [0.4, 0.5) is 11.4 Å². The van der Waals surface area contributed by atoms with Gasteiger partial charge in [0.2, 0.25) is 0 Å². The number of nitrogen functional groups attached to an aromatic ring is 1. The van der Waals surface area contributed by atoms with Crippen LogP contribution in [0.5, 0.6) is 5.75 Å². The lowest BCUT2D eigenvalue weighted by atomic mass is 10.2. The molecule has 1 aromatic carbocycles. The highest BCUT2D eigenvalue weighted by Crippen LogP contribution is 2.33. The first-order valence-corrected chi connectivity index (χ1v) is 7.42.